The van der Waals surface area contributed by atoms with Crippen molar-refractivity contribution in [2.45, 2.75) is 56.8 Å². The highest BCUT2D eigenvalue weighted by molar-refractivity contribution is 7.99. The quantitative estimate of drug-likeness (QED) is 0.257. The smallest absolute Gasteiger partial charge is 0.238 e. The van der Waals surface area contributed by atoms with Crippen LogP contribution in [0.2, 0.25) is 0 Å². The first kappa shape index (κ1) is 24.5. The number of imidazole rings is 1. The Morgan fingerprint density at radius 3 is 2.59 bits per heavy atom. The number of hydrogen-bond acceptors (Lipinski definition) is 6. The van der Waals surface area contributed by atoms with Crippen LogP contribution in [0, 0.1) is 13.8 Å². The SMILES string of the molecule is CCCn1c(SCC(=O)c2cc(C)n(CCCOC)c2C)nc2cc(S(N)(=O)=O)ccc21. The average molecular weight is 479 g/mol. The standard InChI is InChI=1S/C22H30N4O4S2/c1-5-9-26-20-8-7-17(32(23,28)29)13-19(20)24-22(26)31-14-21(27)18-12-15(2)25(16(18)3)10-6-11-30-4/h7-8,12-13H,5-6,9-11,14H2,1-4H3,(H2,23,28,29). The van der Waals surface area contributed by atoms with Gasteiger partial charge >= 0.3 is 0 Å². The lowest BCUT2D eigenvalue weighted by Gasteiger charge is -2.09. The normalized spacial score (nSPS) is 12.0. The summed E-state index contributed by atoms with van der Waals surface area (Å²) in [7, 11) is -2.12. The maximum Gasteiger partial charge on any atom is 0.238 e. The molecule has 10 heteroatoms. The van der Waals surface area contributed by atoms with Crippen LogP contribution in [0.3, 0.4) is 0 Å². The van der Waals surface area contributed by atoms with E-state index in [1.54, 1.807) is 13.2 Å². The summed E-state index contributed by atoms with van der Waals surface area (Å²) in [4.78, 5) is 17.6. The molecule has 32 heavy (non-hydrogen) atoms. The van der Waals surface area contributed by atoms with Crippen molar-refractivity contribution in [3.8, 4) is 0 Å². The summed E-state index contributed by atoms with van der Waals surface area (Å²) < 4.78 is 32.7. The molecule has 8 nitrogen and oxygen atoms in total. The second-order valence-electron chi connectivity index (χ2n) is 7.74. The first-order chi connectivity index (χ1) is 15.2. The number of aryl methyl sites for hydroxylation is 2. The van der Waals surface area contributed by atoms with Gasteiger partial charge in [-0.2, -0.15) is 0 Å². The molecule has 1 aromatic carbocycles. The second kappa shape index (κ2) is 10.2. The molecule has 3 rings (SSSR count). The number of carbonyl (C=O) groups excluding carboxylic acids is 1. The number of nitrogens with zero attached hydrogens (tertiary/aromatic N) is 3. The molecular weight excluding hydrogens is 448 g/mol. The molecule has 3 aromatic rings. The van der Waals surface area contributed by atoms with Gasteiger partial charge in [0.15, 0.2) is 10.9 Å². The Morgan fingerprint density at radius 2 is 1.94 bits per heavy atom. The highest BCUT2D eigenvalue weighted by Crippen LogP contribution is 2.27. The molecule has 0 aliphatic heterocycles. The highest BCUT2D eigenvalue weighted by Gasteiger charge is 2.19. The van der Waals surface area contributed by atoms with Crippen molar-refractivity contribution in [2.75, 3.05) is 19.5 Å². The van der Waals surface area contributed by atoms with Gasteiger partial charge in [-0.25, -0.2) is 18.5 Å². The van der Waals surface area contributed by atoms with Crippen molar-refractivity contribution >= 4 is 38.6 Å². The first-order valence-electron chi connectivity index (χ1n) is 10.5. The van der Waals surface area contributed by atoms with Crippen molar-refractivity contribution < 1.29 is 17.9 Å². The fraction of sp³-hybridized carbons (Fsp3) is 0.455. The molecule has 0 fully saturated rings. The Hall–Kier alpha value is -2.14. The molecule has 0 spiro atoms. The van der Waals surface area contributed by atoms with Crippen molar-refractivity contribution in [2.24, 2.45) is 5.14 Å². The first-order valence-corrected chi connectivity index (χ1v) is 13.0. The number of thioether (sulfide) groups is 1. The van der Waals surface area contributed by atoms with Crippen LogP contribution in [-0.2, 0) is 27.8 Å². The van der Waals surface area contributed by atoms with Crippen molar-refractivity contribution in [3.05, 3.63) is 41.2 Å². The van der Waals surface area contributed by atoms with Crippen LogP contribution < -0.4 is 5.14 Å². The monoisotopic (exact) mass is 478 g/mol. The molecule has 0 aliphatic carbocycles. The topological polar surface area (TPSA) is 109 Å². The Bertz CT molecular complexity index is 1230. The number of rotatable bonds is 11. The third-order valence-corrected chi connectivity index (χ3v) is 7.28. The number of Topliss-reactive ketones (excluding diaryl/α,β-unsaturated/α-hetero) is 1. The predicted octanol–water partition coefficient (Wildman–Crippen LogP) is 3.52. The molecule has 0 bridgehead atoms. The number of aromatic nitrogens is 3. The molecular formula is C22H30N4O4S2. The van der Waals surface area contributed by atoms with Gasteiger partial charge in [0, 0.05) is 43.8 Å². The minimum atomic E-state index is -3.81. The summed E-state index contributed by atoms with van der Waals surface area (Å²) in [5.74, 6) is 0.290. The number of hydrogen-bond donors (Lipinski definition) is 1. The van der Waals surface area contributed by atoms with E-state index < -0.39 is 10.0 Å². The van der Waals surface area contributed by atoms with Crippen molar-refractivity contribution in [1.82, 2.24) is 14.1 Å². The lowest BCUT2D eigenvalue weighted by atomic mass is 10.2. The van der Waals surface area contributed by atoms with Crippen LogP contribution in [-0.4, -0.2) is 47.8 Å². The van der Waals surface area contributed by atoms with E-state index in [0.717, 1.165) is 48.4 Å². The van der Waals surface area contributed by atoms with E-state index in [-0.39, 0.29) is 16.4 Å². The number of ether oxygens (including phenoxy) is 1. The minimum absolute atomic E-state index is 0.0275. The number of benzene rings is 1. The predicted molar refractivity (Wildman–Crippen MR) is 127 cm³/mol. The van der Waals surface area contributed by atoms with E-state index in [2.05, 4.69) is 16.5 Å². The molecule has 0 amide bonds. The minimum Gasteiger partial charge on any atom is -0.385 e. The van der Waals surface area contributed by atoms with Gasteiger partial charge in [-0.1, -0.05) is 18.7 Å². The lowest BCUT2D eigenvalue weighted by molar-refractivity contribution is 0.102. The van der Waals surface area contributed by atoms with Gasteiger partial charge in [0.2, 0.25) is 10.0 Å². The van der Waals surface area contributed by atoms with Gasteiger partial charge in [-0.05, 0) is 51.0 Å². The molecule has 2 aromatic heterocycles. The number of methoxy groups -OCH3 is 1. The fourth-order valence-electron chi connectivity index (χ4n) is 3.82. The second-order valence-corrected chi connectivity index (χ2v) is 10.2. The van der Waals surface area contributed by atoms with Crippen molar-refractivity contribution in [3.63, 3.8) is 0 Å². The van der Waals surface area contributed by atoms with Crippen LogP contribution >= 0.6 is 11.8 Å². The van der Waals surface area contributed by atoms with Crippen LogP contribution in [0.5, 0.6) is 0 Å². The van der Waals surface area contributed by atoms with E-state index >= 15 is 0 Å². The number of carbonyl (C=O) groups is 1. The molecule has 0 unspecified atom stereocenters. The summed E-state index contributed by atoms with van der Waals surface area (Å²) >= 11 is 1.37. The average Bonchev–Trinajstić information content (AvgIpc) is 3.23. The summed E-state index contributed by atoms with van der Waals surface area (Å²) in [6, 6.07) is 6.63. The molecule has 0 saturated heterocycles. The van der Waals surface area contributed by atoms with Gasteiger partial charge < -0.3 is 13.9 Å². The third kappa shape index (κ3) is 5.25. The Kier molecular flexibility index (Phi) is 7.81. The largest absolute Gasteiger partial charge is 0.385 e. The van der Waals surface area contributed by atoms with Crippen LogP contribution in [0.15, 0.2) is 34.3 Å². The van der Waals surface area contributed by atoms with Gasteiger partial charge in [-0.15, -0.1) is 0 Å². The molecule has 2 N–H and O–H groups in total. The summed E-state index contributed by atoms with van der Waals surface area (Å²) in [6.07, 6.45) is 1.77. The van der Waals surface area contributed by atoms with Crippen molar-refractivity contribution in [1.29, 1.82) is 0 Å². The maximum absolute atomic E-state index is 13.0. The molecule has 0 radical (unpaired) electrons. The maximum atomic E-state index is 13.0. The van der Waals surface area contributed by atoms with E-state index in [0.29, 0.717) is 17.3 Å². The van der Waals surface area contributed by atoms with Gasteiger partial charge in [0.05, 0.1) is 21.7 Å². The Morgan fingerprint density at radius 1 is 1.19 bits per heavy atom. The summed E-state index contributed by atoms with van der Waals surface area (Å²) in [5, 5.41) is 5.95. The van der Waals surface area contributed by atoms with E-state index in [9.17, 15) is 13.2 Å². The fourth-order valence-corrected chi connectivity index (χ4v) is 5.27. The molecule has 0 saturated carbocycles. The Labute approximate surface area is 193 Å². The zero-order chi connectivity index (χ0) is 23.5. The van der Waals surface area contributed by atoms with Gasteiger partial charge in [-0.3, -0.25) is 4.79 Å². The molecule has 0 atom stereocenters. The van der Waals surface area contributed by atoms with E-state index in [1.165, 1.54) is 23.9 Å². The highest BCUT2D eigenvalue weighted by atomic mass is 32.2. The summed E-state index contributed by atoms with van der Waals surface area (Å²) in [5.41, 5.74) is 4.12. The zero-order valence-corrected chi connectivity index (χ0v) is 20.6. The van der Waals surface area contributed by atoms with Gasteiger partial charge in [0.1, 0.15) is 0 Å². The lowest BCUT2D eigenvalue weighted by Crippen LogP contribution is -2.11. The third-order valence-electron chi connectivity index (χ3n) is 5.40. The van der Waals surface area contributed by atoms with Crippen LogP contribution in [0.25, 0.3) is 11.0 Å². The number of ketones is 1. The number of primary sulfonamides is 1. The molecule has 0 aliphatic rings. The zero-order valence-electron chi connectivity index (χ0n) is 18.9. The molecule has 2 heterocycles. The number of nitrogens with two attached hydrogens (primary N) is 1. The molecule has 174 valence electrons. The van der Waals surface area contributed by atoms with Gasteiger partial charge in [0.25, 0.3) is 0 Å². The van der Waals surface area contributed by atoms with E-state index in [1.807, 2.05) is 24.5 Å². The summed E-state index contributed by atoms with van der Waals surface area (Å²) in [6.45, 7) is 8.24. The number of sulfonamides is 1. The Balaban J connectivity index is 1.83. The van der Waals surface area contributed by atoms with E-state index in [4.69, 9.17) is 9.88 Å². The number of fused-ring (bicyclic) bond motifs is 1. The van der Waals surface area contributed by atoms with Crippen LogP contribution in [0.4, 0.5) is 0 Å². The van der Waals surface area contributed by atoms with Crippen LogP contribution in [0.1, 0.15) is 41.5 Å².